The minimum absolute atomic E-state index is 0.490. The van der Waals surface area contributed by atoms with Gasteiger partial charge in [0.15, 0.2) is 0 Å². The van der Waals surface area contributed by atoms with Crippen molar-refractivity contribution < 1.29 is 9.47 Å². The number of hydrogen-bond donors (Lipinski definition) is 0. The molecule has 1 rings (SSSR count). The summed E-state index contributed by atoms with van der Waals surface area (Å²) in [5.41, 5.74) is 1.07. The van der Waals surface area contributed by atoms with Crippen LogP contribution in [0, 0.1) is 0 Å². The number of benzene rings is 1. The van der Waals surface area contributed by atoms with Gasteiger partial charge in [-0.05, 0) is 30.5 Å². The van der Waals surface area contributed by atoms with Crippen LogP contribution in [-0.2, 0) is 5.88 Å². The lowest BCUT2D eigenvalue weighted by Gasteiger charge is -2.12. The summed E-state index contributed by atoms with van der Waals surface area (Å²) in [6.07, 6.45) is 26.8. The average molecular weight is 495 g/mol. The summed E-state index contributed by atoms with van der Waals surface area (Å²) < 4.78 is 12.1. The van der Waals surface area contributed by atoms with Crippen LogP contribution in [0.5, 0.6) is 11.5 Å². The minimum Gasteiger partial charge on any atom is -0.493 e. The smallest absolute Gasteiger partial charge is 0.123 e. The van der Waals surface area contributed by atoms with E-state index in [2.05, 4.69) is 26.0 Å². The molecule has 1 aromatic rings. The van der Waals surface area contributed by atoms with Crippen LogP contribution in [0.25, 0.3) is 0 Å². The van der Waals surface area contributed by atoms with Crippen LogP contribution in [0.4, 0.5) is 0 Å². The maximum absolute atomic E-state index is 6.10. The third kappa shape index (κ3) is 18.4. The standard InChI is InChI=1S/C31H55ClO2/c1-3-5-7-9-11-13-15-17-19-21-23-33-30-25-29(28-32)26-31(27-30)34-24-22-20-18-16-14-12-10-8-6-4-2/h25-27H,3-24,28H2,1-2H3. The molecule has 0 radical (unpaired) electrons. The molecule has 0 unspecified atom stereocenters. The van der Waals surface area contributed by atoms with E-state index in [1.165, 1.54) is 116 Å². The molecular weight excluding hydrogens is 440 g/mol. The van der Waals surface area contributed by atoms with Crippen LogP contribution in [0.3, 0.4) is 0 Å². The molecular formula is C31H55ClO2. The largest absolute Gasteiger partial charge is 0.493 e. The van der Waals surface area contributed by atoms with E-state index >= 15 is 0 Å². The summed E-state index contributed by atoms with van der Waals surface area (Å²) in [5.74, 6) is 2.28. The summed E-state index contributed by atoms with van der Waals surface area (Å²) in [7, 11) is 0. The second-order valence-corrected chi connectivity index (χ2v) is 10.3. The topological polar surface area (TPSA) is 18.5 Å². The van der Waals surface area contributed by atoms with E-state index in [9.17, 15) is 0 Å². The summed E-state index contributed by atoms with van der Waals surface area (Å²) in [6.45, 7) is 6.11. The van der Waals surface area contributed by atoms with Crippen LogP contribution in [0.1, 0.15) is 148 Å². The number of ether oxygens (including phenoxy) is 2. The van der Waals surface area contributed by atoms with Crippen LogP contribution < -0.4 is 9.47 Å². The monoisotopic (exact) mass is 494 g/mol. The first-order chi connectivity index (χ1) is 16.8. The molecule has 0 aliphatic carbocycles. The lowest BCUT2D eigenvalue weighted by molar-refractivity contribution is 0.289. The lowest BCUT2D eigenvalue weighted by Crippen LogP contribution is -2.01. The van der Waals surface area contributed by atoms with E-state index in [1.54, 1.807) is 0 Å². The molecule has 198 valence electrons. The van der Waals surface area contributed by atoms with Crippen LogP contribution in [-0.4, -0.2) is 13.2 Å². The molecule has 0 saturated heterocycles. The van der Waals surface area contributed by atoms with Crippen molar-refractivity contribution in [2.45, 2.75) is 148 Å². The fraction of sp³-hybridized carbons (Fsp3) is 0.806. The molecule has 0 atom stereocenters. The Morgan fingerprint density at radius 2 is 0.794 bits per heavy atom. The van der Waals surface area contributed by atoms with Crippen molar-refractivity contribution in [1.82, 2.24) is 0 Å². The van der Waals surface area contributed by atoms with Gasteiger partial charge < -0.3 is 9.47 Å². The highest BCUT2D eigenvalue weighted by Gasteiger charge is 2.04. The van der Waals surface area contributed by atoms with Crippen molar-refractivity contribution in [2.75, 3.05) is 13.2 Å². The van der Waals surface area contributed by atoms with Crippen molar-refractivity contribution in [3.05, 3.63) is 23.8 Å². The summed E-state index contributed by atoms with van der Waals surface area (Å²) in [5, 5.41) is 0. The molecule has 0 heterocycles. The third-order valence-corrected chi connectivity index (χ3v) is 6.94. The minimum atomic E-state index is 0.490. The van der Waals surface area contributed by atoms with Gasteiger partial charge in [-0.3, -0.25) is 0 Å². The van der Waals surface area contributed by atoms with Crippen molar-refractivity contribution in [1.29, 1.82) is 0 Å². The van der Waals surface area contributed by atoms with Crippen molar-refractivity contribution in [3.8, 4) is 11.5 Å². The Balaban J connectivity index is 2.10. The molecule has 0 N–H and O–H groups in total. The van der Waals surface area contributed by atoms with Gasteiger partial charge in [-0.2, -0.15) is 0 Å². The Kier molecular flexibility index (Phi) is 21.8. The SMILES string of the molecule is CCCCCCCCCCCCOc1cc(CCl)cc(OCCCCCCCCCCCC)c1. The number of halogens is 1. The highest BCUT2D eigenvalue weighted by atomic mass is 35.5. The van der Waals surface area contributed by atoms with Gasteiger partial charge in [-0.25, -0.2) is 0 Å². The van der Waals surface area contributed by atoms with Gasteiger partial charge in [0.2, 0.25) is 0 Å². The molecule has 3 heteroatoms. The highest BCUT2D eigenvalue weighted by Crippen LogP contribution is 2.25. The molecule has 0 bridgehead atoms. The Bertz CT molecular complexity index is 516. The molecule has 0 aliphatic rings. The molecule has 34 heavy (non-hydrogen) atoms. The first kappa shape index (κ1) is 31.1. The third-order valence-electron chi connectivity index (χ3n) is 6.63. The molecule has 2 nitrogen and oxygen atoms in total. The Morgan fingerprint density at radius 3 is 1.12 bits per heavy atom. The van der Waals surface area contributed by atoms with Crippen LogP contribution in [0.15, 0.2) is 18.2 Å². The molecule has 1 aromatic carbocycles. The van der Waals surface area contributed by atoms with E-state index in [0.717, 1.165) is 43.1 Å². The van der Waals surface area contributed by atoms with E-state index in [-0.39, 0.29) is 0 Å². The quantitative estimate of drug-likeness (QED) is 0.0993. The van der Waals surface area contributed by atoms with Crippen molar-refractivity contribution in [3.63, 3.8) is 0 Å². The number of hydrogen-bond acceptors (Lipinski definition) is 2. The number of rotatable bonds is 25. The molecule has 0 aromatic heterocycles. The molecule has 0 aliphatic heterocycles. The maximum atomic E-state index is 6.10. The van der Waals surface area contributed by atoms with Crippen LogP contribution >= 0.6 is 11.6 Å². The van der Waals surface area contributed by atoms with Gasteiger partial charge in [0.05, 0.1) is 13.2 Å². The molecule has 0 spiro atoms. The highest BCUT2D eigenvalue weighted by molar-refractivity contribution is 6.17. The fourth-order valence-electron chi connectivity index (χ4n) is 4.43. The predicted molar refractivity (Wildman–Crippen MR) is 151 cm³/mol. The van der Waals surface area contributed by atoms with E-state index in [1.807, 2.05) is 6.07 Å². The second-order valence-electron chi connectivity index (χ2n) is 10.0. The Labute approximate surface area is 217 Å². The van der Waals surface area contributed by atoms with Gasteiger partial charge in [-0.1, -0.05) is 129 Å². The molecule has 0 amide bonds. The lowest BCUT2D eigenvalue weighted by atomic mass is 10.1. The normalized spacial score (nSPS) is 11.1. The zero-order valence-corrected chi connectivity index (χ0v) is 23.4. The van der Waals surface area contributed by atoms with Gasteiger partial charge in [0.25, 0.3) is 0 Å². The summed E-state index contributed by atoms with van der Waals surface area (Å²) in [6, 6.07) is 6.13. The van der Waals surface area contributed by atoms with Crippen molar-refractivity contribution >= 4 is 11.6 Å². The van der Waals surface area contributed by atoms with Crippen LogP contribution in [0.2, 0.25) is 0 Å². The zero-order valence-electron chi connectivity index (χ0n) is 22.7. The molecule has 0 saturated carbocycles. The van der Waals surface area contributed by atoms with E-state index < -0.39 is 0 Å². The average Bonchev–Trinajstić information content (AvgIpc) is 2.85. The van der Waals surface area contributed by atoms with Gasteiger partial charge in [0.1, 0.15) is 11.5 Å². The number of alkyl halides is 1. The Hall–Kier alpha value is -0.890. The second kappa shape index (κ2) is 23.8. The summed E-state index contributed by atoms with van der Waals surface area (Å²) >= 11 is 6.10. The Morgan fingerprint density at radius 1 is 0.471 bits per heavy atom. The van der Waals surface area contributed by atoms with Crippen molar-refractivity contribution in [2.24, 2.45) is 0 Å². The van der Waals surface area contributed by atoms with Gasteiger partial charge in [-0.15, -0.1) is 11.6 Å². The zero-order chi connectivity index (χ0) is 24.5. The van der Waals surface area contributed by atoms with Gasteiger partial charge in [0, 0.05) is 11.9 Å². The first-order valence-corrected chi connectivity index (χ1v) is 15.3. The predicted octanol–water partition coefficient (Wildman–Crippen LogP) is 11.0. The fourth-order valence-corrected chi connectivity index (χ4v) is 4.59. The molecule has 0 fully saturated rings. The first-order valence-electron chi connectivity index (χ1n) is 14.8. The maximum Gasteiger partial charge on any atom is 0.123 e. The van der Waals surface area contributed by atoms with E-state index in [4.69, 9.17) is 21.1 Å². The number of unbranched alkanes of at least 4 members (excludes halogenated alkanes) is 18. The van der Waals surface area contributed by atoms with Gasteiger partial charge >= 0.3 is 0 Å². The van der Waals surface area contributed by atoms with E-state index in [0.29, 0.717) is 5.88 Å². The summed E-state index contributed by atoms with van der Waals surface area (Å²) in [4.78, 5) is 0.